The summed E-state index contributed by atoms with van der Waals surface area (Å²) >= 11 is 0. The molecule has 0 bridgehead atoms. The molecule has 0 aliphatic heterocycles. The monoisotopic (exact) mass is 298 g/mol. The summed E-state index contributed by atoms with van der Waals surface area (Å²) in [6.07, 6.45) is 0. The van der Waals surface area contributed by atoms with Gasteiger partial charge in [0.05, 0.1) is 23.5 Å². The van der Waals surface area contributed by atoms with Crippen molar-refractivity contribution in [2.45, 2.75) is 6.92 Å². The van der Waals surface area contributed by atoms with Crippen molar-refractivity contribution in [3.63, 3.8) is 0 Å². The summed E-state index contributed by atoms with van der Waals surface area (Å²) in [7, 11) is 0. The number of benzene rings is 1. The Morgan fingerprint density at radius 1 is 1.09 bits per heavy atom. The van der Waals surface area contributed by atoms with Crippen LogP contribution >= 0.6 is 0 Å². The molecule has 1 N–H and O–H groups in total. The van der Waals surface area contributed by atoms with Crippen LogP contribution in [0, 0.1) is 0 Å². The van der Waals surface area contributed by atoms with E-state index in [1.165, 1.54) is 18.2 Å². The van der Waals surface area contributed by atoms with Crippen molar-refractivity contribution in [2.24, 2.45) is 10.2 Å². The average molecular weight is 298 g/mol. The molecule has 112 valence electrons. The lowest BCUT2D eigenvalue weighted by Crippen LogP contribution is -2.03. The number of rotatable bonds is 4. The molecule has 0 atom stereocenters. The Bertz CT molecular complexity index is 755. The van der Waals surface area contributed by atoms with Crippen molar-refractivity contribution in [3.05, 3.63) is 64.3 Å². The molecule has 0 radical (unpaired) electrons. The van der Waals surface area contributed by atoms with Crippen molar-refractivity contribution >= 4 is 17.3 Å². The predicted octanol–water partition coefficient (Wildman–Crippen LogP) is 3.34. The second kappa shape index (κ2) is 7.12. The third-order valence-corrected chi connectivity index (χ3v) is 2.71. The predicted molar refractivity (Wildman–Crippen MR) is 81.0 cm³/mol. The van der Waals surface area contributed by atoms with Gasteiger partial charge in [-0.25, -0.2) is 4.79 Å². The second-order valence-corrected chi connectivity index (χ2v) is 4.31. The van der Waals surface area contributed by atoms with Gasteiger partial charge >= 0.3 is 5.97 Å². The van der Waals surface area contributed by atoms with Crippen molar-refractivity contribution in [1.29, 1.82) is 0 Å². The van der Waals surface area contributed by atoms with Crippen LogP contribution in [0.15, 0.2) is 63.6 Å². The first-order valence-electron chi connectivity index (χ1n) is 6.62. The molecule has 0 saturated heterocycles. The summed E-state index contributed by atoms with van der Waals surface area (Å²) in [6.45, 7) is 2.05. The Morgan fingerprint density at radius 3 is 2.45 bits per heavy atom. The highest BCUT2D eigenvalue weighted by Crippen LogP contribution is 2.18. The van der Waals surface area contributed by atoms with Gasteiger partial charge in [-0.05, 0) is 43.3 Å². The first kappa shape index (κ1) is 15.4. The summed E-state index contributed by atoms with van der Waals surface area (Å²) < 4.78 is 4.88. The second-order valence-electron chi connectivity index (χ2n) is 4.31. The molecule has 22 heavy (non-hydrogen) atoms. The van der Waals surface area contributed by atoms with Crippen LogP contribution in [0.1, 0.15) is 17.3 Å². The van der Waals surface area contributed by atoms with E-state index in [9.17, 15) is 14.7 Å². The van der Waals surface area contributed by atoms with E-state index in [1.54, 1.807) is 37.3 Å². The SMILES string of the molecule is CCOC(=O)c1ccc(N=Nc2cccc(O)c(=O)c2)cc1. The molecule has 0 unspecified atom stereocenters. The van der Waals surface area contributed by atoms with Gasteiger partial charge < -0.3 is 9.84 Å². The van der Waals surface area contributed by atoms with Gasteiger partial charge in [-0.1, -0.05) is 6.07 Å². The molecule has 2 aromatic rings. The molecule has 6 heteroatoms. The van der Waals surface area contributed by atoms with E-state index >= 15 is 0 Å². The van der Waals surface area contributed by atoms with Crippen molar-refractivity contribution in [3.8, 4) is 5.75 Å². The Hall–Kier alpha value is -3.02. The first-order chi connectivity index (χ1) is 10.6. The summed E-state index contributed by atoms with van der Waals surface area (Å²) in [5, 5.41) is 17.2. The van der Waals surface area contributed by atoms with E-state index < -0.39 is 11.4 Å². The first-order valence-corrected chi connectivity index (χ1v) is 6.62. The minimum absolute atomic E-state index is 0.315. The molecule has 0 aliphatic rings. The highest BCUT2D eigenvalue weighted by Gasteiger charge is 2.05. The smallest absolute Gasteiger partial charge is 0.338 e. The number of ether oxygens (including phenoxy) is 1. The molecular formula is C16H14N2O4. The number of esters is 1. The Balaban J connectivity index is 2.17. The van der Waals surface area contributed by atoms with Crippen LogP contribution in [-0.4, -0.2) is 17.7 Å². The van der Waals surface area contributed by atoms with Crippen LogP contribution in [0.5, 0.6) is 5.75 Å². The van der Waals surface area contributed by atoms with Gasteiger partial charge in [-0.15, -0.1) is 0 Å². The molecule has 0 amide bonds. The van der Waals surface area contributed by atoms with Gasteiger partial charge in [0.15, 0.2) is 5.75 Å². The maximum atomic E-state index is 11.5. The third kappa shape index (κ3) is 3.99. The molecule has 0 aromatic heterocycles. The normalized spacial score (nSPS) is 10.6. The Labute approximate surface area is 126 Å². The van der Waals surface area contributed by atoms with Gasteiger partial charge in [0.25, 0.3) is 0 Å². The Morgan fingerprint density at radius 2 is 1.77 bits per heavy atom. The average Bonchev–Trinajstić information content (AvgIpc) is 2.68. The minimum atomic E-state index is -0.531. The van der Waals surface area contributed by atoms with Crippen molar-refractivity contribution in [2.75, 3.05) is 6.61 Å². The number of carbonyl (C=O) groups is 1. The van der Waals surface area contributed by atoms with Crippen LogP contribution in [-0.2, 0) is 4.74 Å². The number of carbonyl (C=O) groups excluding carboxylic acids is 1. The molecule has 0 heterocycles. The van der Waals surface area contributed by atoms with E-state index in [0.717, 1.165) is 0 Å². The van der Waals surface area contributed by atoms with E-state index in [2.05, 4.69) is 10.2 Å². The van der Waals surface area contributed by atoms with Gasteiger partial charge in [0, 0.05) is 6.07 Å². The number of azo groups is 1. The highest BCUT2D eigenvalue weighted by molar-refractivity contribution is 5.89. The fourth-order valence-corrected chi connectivity index (χ4v) is 1.63. The van der Waals surface area contributed by atoms with E-state index in [1.807, 2.05) is 0 Å². The van der Waals surface area contributed by atoms with Gasteiger partial charge in [-0.2, -0.15) is 10.2 Å². The lowest BCUT2D eigenvalue weighted by atomic mass is 10.2. The topological polar surface area (TPSA) is 88.3 Å². The lowest BCUT2D eigenvalue weighted by molar-refractivity contribution is 0.0526. The van der Waals surface area contributed by atoms with Crippen molar-refractivity contribution < 1.29 is 14.6 Å². The standard InChI is InChI=1S/C16H14N2O4/c1-2-22-16(21)11-6-8-12(9-7-11)17-18-13-4-3-5-14(19)15(20)10-13/h3-10H,2H2,1H3,(H,19,20). The van der Waals surface area contributed by atoms with Crippen LogP contribution in [0.25, 0.3) is 0 Å². The van der Waals surface area contributed by atoms with E-state index in [-0.39, 0.29) is 5.75 Å². The molecule has 0 spiro atoms. The molecule has 6 nitrogen and oxygen atoms in total. The minimum Gasteiger partial charge on any atom is -0.504 e. The maximum absolute atomic E-state index is 11.5. The van der Waals surface area contributed by atoms with Crippen LogP contribution in [0.2, 0.25) is 0 Å². The number of aromatic hydroxyl groups is 1. The fourth-order valence-electron chi connectivity index (χ4n) is 1.63. The summed E-state index contributed by atoms with van der Waals surface area (Å²) in [4.78, 5) is 22.9. The molecule has 2 aromatic carbocycles. The van der Waals surface area contributed by atoms with Gasteiger partial charge in [-0.3, -0.25) is 4.79 Å². The lowest BCUT2D eigenvalue weighted by Gasteiger charge is -2.00. The number of nitrogens with zero attached hydrogens (tertiary/aromatic N) is 2. The van der Waals surface area contributed by atoms with E-state index in [0.29, 0.717) is 23.5 Å². The van der Waals surface area contributed by atoms with Crippen LogP contribution in [0.3, 0.4) is 0 Å². The van der Waals surface area contributed by atoms with Gasteiger partial charge in [0.2, 0.25) is 5.43 Å². The van der Waals surface area contributed by atoms with Crippen molar-refractivity contribution in [1.82, 2.24) is 0 Å². The number of hydrogen-bond donors (Lipinski definition) is 1. The van der Waals surface area contributed by atoms with Crippen LogP contribution < -0.4 is 5.43 Å². The molecule has 0 aliphatic carbocycles. The zero-order valence-corrected chi connectivity index (χ0v) is 11.9. The van der Waals surface area contributed by atoms with Crippen LogP contribution in [0.4, 0.5) is 11.4 Å². The zero-order valence-electron chi connectivity index (χ0n) is 11.9. The molecule has 0 saturated carbocycles. The number of hydrogen-bond acceptors (Lipinski definition) is 6. The summed E-state index contributed by atoms with van der Waals surface area (Å²) in [5.41, 5.74) is 0.742. The van der Waals surface area contributed by atoms with E-state index in [4.69, 9.17) is 4.74 Å². The summed E-state index contributed by atoms with van der Waals surface area (Å²) in [5.74, 6) is -0.743. The molecular weight excluding hydrogens is 284 g/mol. The highest BCUT2D eigenvalue weighted by atomic mass is 16.5. The fraction of sp³-hybridized carbons (Fsp3) is 0.125. The summed E-state index contributed by atoms with van der Waals surface area (Å²) in [6, 6.07) is 11.9. The maximum Gasteiger partial charge on any atom is 0.338 e. The Kier molecular flexibility index (Phi) is 4.98. The van der Waals surface area contributed by atoms with Gasteiger partial charge in [0.1, 0.15) is 0 Å². The largest absolute Gasteiger partial charge is 0.504 e. The quantitative estimate of drug-likeness (QED) is 0.692. The molecule has 2 rings (SSSR count). The molecule has 0 fully saturated rings. The third-order valence-electron chi connectivity index (χ3n) is 2.71. The zero-order chi connectivity index (χ0) is 15.9.